The molecule has 0 radical (unpaired) electrons. The zero-order valence-corrected chi connectivity index (χ0v) is 9.80. The second-order valence-corrected chi connectivity index (χ2v) is 3.91. The van der Waals surface area contributed by atoms with Crippen LogP contribution in [0.5, 0.6) is 0 Å². The Hall–Kier alpha value is -1.99. The van der Waals surface area contributed by atoms with Crippen LogP contribution in [0.4, 0.5) is 4.79 Å². The molecule has 1 atom stereocenters. The number of nitrogens with zero attached hydrogens (tertiary/aromatic N) is 1. The highest BCUT2D eigenvalue weighted by atomic mass is 16.6. The molecule has 17 heavy (non-hydrogen) atoms. The third kappa shape index (κ3) is 2.77. The fourth-order valence-corrected chi connectivity index (χ4v) is 1.83. The van der Waals surface area contributed by atoms with Gasteiger partial charge in [-0.3, -0.25) is 4.90 Å². The number of cyclic esters (lactones) is 1. The molecule has 0 N–H and O–H groups in total. The van der Waals surface area contributed by atoms with E-state index < -0.39 is 0 Å². The van der Waals surface area contributed by atoms with Crippen molar-refractivity contribution in [2.75, 3.05) is 6.61 Å². The first-order chi connectivity index (χ1) is 8.31. The molecule has 0 bridgehead atoms. The van der Waals surface area contributed by atoms with Crippen molar-refractivity contribution in [3.63, 3.8) is 0 Å². The maximum Gasteiger partial charge on any atom is 0.414 e. The van der Waals surface area contributed by atoms with Crippen LogP contribution in [-0.2, 0) is 11.2 Å². The molecule has 1 aromatic carbocycles. The van der Waals surface area contributed by atoms with E-state index in [1.165, 1.54) is 5.56 Å². The maximum atomic E-state index is 11.5. The number of amides is 1. The first kappa shape index (κ1) is 11.5. The molecule has 1 saturated heterocycles. The van der Waals surface area contributed by atoms with Gasteiger partial charge < -0.3 is 4.74 Å². The Balaban J connectivity index is 2.10. The van der Waals surface area contributed by atoms with Crippen molar-refractivity contribution in [2.24, 2.45) is 0 Å². The van der Waals surface area contributed by atoms with Crippen molar-refractivity contribution < 1.29 is 9.53 Å². The summed E-state index contributed by atoms with van der Waals surface area (Å²) in [4.78, 5) is 13.1. The molecule has 1 aromatic rings. The molecule has 3 heteroatoms. The zero-order chi connectivity index (χ0) is 12.1. The minimum Gasteiger partial charge on any atom is -0.447 e. The summed E-state index contributed by atoms with van der Waals surface area (Å²) in [6, 6.07) is 10.2. The molecule has 1 fully saturated rings. The summed E-state index contributed by atoms with van der Waals surface area (Å²) in [5.74, 6) is 0. The monoisotopic (exact) mass is 229 g/mol. The Morgan fingerprint density at radius 2 is 2.24 bits per heavy atom. The summed E-state index contributed by atoms with van der Waals surface area (Å²) in [6.45, 7) is 2.31. The fourth-order valence-electron chi connectivity index (χ4n) is 1.83. The lowest BCUT2D eigenvalue weighted by Gasteiger charge is -2.16. The molecule has 1 amide bonds. The van der Waals surface area contributed by atoms with Gasteiger partial charge >= 0.3 is 6.09 Å². The predicted molar refractivity (Wildman–Crippen MR) is 65.4 cm³/mol. The minimum atomic E-state index is -0.291. The van der Waals surface area contributed by atoms with Crippen LogP contribution < -0.4 is 0 Å². The third-order valence-corrected chi connectivity index (χ3v) is 2.70. The molecular formula is C14H15NO2. The van der Waals surface area contributed by atoms with Crippen molar-refractivity contribution in [1.82, 2.24) is 4.90 Å². The van der Waals surface area contributed by atoms with Gasteiger partial charge in [0.1, 0.15) is 6.61 Å². The Bertz CT molecular complexity index is 447. The number of carbonyl (C=O) groups is 1. The van der Waals surface area contributed by atoms with Crippen LogP contribution in [0.1, 0.15) is 12.5 Å². The van der Waals surface area contributed by atoms with E-state index in [2.05, 4.69) is 17.9 Å². The molecule has 3 nitrogen and oxygen atoms in total. The lowest BCUT2D eigenvalue weighted by atomic mass is 10.1. The van der Waals surface area contributed by atoms with Crippen molar-refractivity contribution in [2.45, 2.75) is 19.4 Å². The molecule has 0 saturated carbocycles. The molecular weight excluding hydrogens is 214 g/mol. The van der Waals surface area contributed by atoms with E-state index in [0.29, 0.717) is 6.61 Å². The maximum absolute atomic E-state index is 11.5. The normalized spacial score (nSPS) is 18.5. The number of hydrogen-bond acceptors (Lipinski definition) is 2. The first-order valence-electron chi connectivity index (χ1n) is 5.67. The quantitative estimate of drug-likeness (QED) is 0.746. The van der Waals surface area contributed by atoms with Gasteiger partial charge in [-0.05, 0) is 25.0 Å². The molecule has 0 spiro atoms. The highest BCUT2D eigenvalue weighted by Crippen LogP contribution is 2.17. The van der Waals surface area contributed by atoms with Gasteiger partial charge in [-0.1, -0.05) is 30.3 Å². The van der Waals surface area contributed by atoms with E-state index in [-0.39, 0.29) is 12.1 Å². The van der Waals surface area contributed by atoms with Gasteiger partial charge in [-0.2, -0.15) is 0 Å². The third-order valence-electron chi connectivity index (χ3n) is 2.70. The van der Waals surface area contributed by atoms with E-state index in [0.717, 1.165) is 6.42 Å². The Morgan fingerprint density at radius 1 is 1.47 bits per heavy atom. The summed E-state index contributed by atoms with van der Waals surface area (Å²) in [5, 5.41) is 0. The molecule has 0 aliphatic carbocycles. The summed E-state index contributed by atoms with van der Waals surface area (Å²) >= 11 is 0. The van der Waals surface area contributed by atoms with E-state index >= 15 is 0 Å². The standard InChI is InChI=1S/C14H15NO2/c1-2-3-9-15-13(11-17-14(15)16)10-12-7-5-4-6-8-12/h2,4-9,13H,10-11H2,1H3/t3?,13-/m1/s1. The largest absolute Gasteiger partial charge is 0.447 e. The molecule has 1 aliphatic rings. The highest BCUT2D eigenvalue weighted by Gasteiger charge is 2.31. The molecule has 1 heterocycles. The van der Waals surface area contributed by atoms with E-state index in [4.69, 9.17) is 4.74 Å². The molecule has 2 rings (SSSR count). The smallest absolute Gasteiger partial charge is 0.414 e. The number of allylic oxidation sites excluding steroid dienone is 1. The number of hydrogen-bond donors (Lipinski definition) is 0. The number of ether oxygens (including phenoxy) is 1. The van der Waals surface area contributed by atoms with Crippen LogP contribution in [0.25, 0.3) is 0 Å². The Labute approximate surface area is 101 Å². The highest BCUT2D eigenvalue weighted by molar-refractivity contribution is 5.71. The second kappa shape index (κ2) is 5.37. The average molecular weight is 229 g/mol. The van der Waals surface area contributed by atoms with Gasteiger partial charge in [-0.15, -0.1) is 5.73 Å². The average Bonchev–Trinajstić information content (AvgIpc) is 2.69. The summed E-state index contributed by atoms with van der Waals surface area (Å²) < 4.78 is 5.05. The van der Waals surface area contributed by atoms with Gasteiger partial charge in [0.05, 0.1) is 12.2 Å². The Kier molecular flexibility index (Phi) is 3.63. The molecule has 1 aliphatic heterocycles. The van der Waals surface area contributed by atoms with E-state index in [1.54, 1.807) is 17.2 Å². The lowest BCUT2D eigenvalue weighted by Crippen LogP contribution is -2.30. The SMILES string of the molecule is CC=C=CN1C(=O)OC[C@H]1Cc1ccccc1. The van der Waals surface area contributed by atoms with Crippen molar-refractivity contribution in [1.29, 1.82) is 0 Å². The lowest BCUT2D eigenvalue weighted by molar-refractivity contribution is 0.166. The van der Waals surface area contributed by atoms with Gasteiger partial charge in [0.15, 0.2) is 0 Å². The van der Waals surface area contributed by atoms with Crippen LogP contribution in [-0.4, -0.2) is 23.6 Å². The van der Waals surface area contributed by atoms with Crippen LogP contribution in [0.3, 0.4) is 0 Å². The molecule has 0 aromatic heterocycles. The van der Waals surface area contributed by atoms with Crippen LogP contribution in [0, 0.1) is 0 Å². The van der Waals surface area contributed by atoms with E-state index in [1.807, 2.05) is 25.1 Å². The predicted octanol–water partition coefficient (Wildman–Crippen LogP) is 2.74. The summed E-state index contributed by atoms with van der Waals surface area (Å²) in [7, 11) is 0. The first-order valence-corrected chi connectivity index (χ1v) is 5.67. The van der Waals surface area contributed by atoms with Crippen molar-refractivity contribution >= 4 is 6.09 Å². The topological polar surface area (TPSA) is 29.5 Å². The van der Waals surface area contributed by atoms with Gasteiger partial charge in [-0.25, -0.2) is 4.79 Å². The van der Waals surface area contributed by atoms with Crippen LogP contribution >= 0.6 is 0 Å². The molecule has 0 unspecified atom stereocenters. The fraction of sp³-hybridized carbons (Fsp3) is 0.286. The Morgan fingerprint density at radius 3 is 2.94 bits per heavy atom. The van der Waals surface area contributed by atoms with Crippen LogP contribution in [0.15, 0.2) is 48.3 Å². The number of benzene rings is 1. The zero-order valence-electron chi connectivity index (χ0n) is 9.80. The minimum absolute atomic E-state index is 0.0670. The number of rotatable bonds is 3. The summed E-state index contributed by atoms with van der Waals surface area (Å²) in [5.41, 5.74) is 4.11. The van der Waals surface area contributed by atoms with E-state index in [9.17, 15) is 4.79 Å². The van der Waals surface area contributed by atoms with Crippen molar-refractivity contribution in [3.8, 4) is 0 Å². The molecule has 88 valence electrons. The van der Waals surface area contributed by atoms with Gasteiger partial charge in [0.25, 0.3) is 0 Å². The number of carbonyl (C=O) groups excluding carboxylic acids is 1. The van der Waals surface area contributed by atoms with Gasteiger partial charge in [0.2, 0.25) is 0 Å². The van der Waals surface area contributed by atoms with Crippen molar-refractivity contribution in [3.05, 3.63) is 53.9 Å². The van der Waals surface area contributed by atoms with Gasteiger partial charge in [0, 0.05) is 0 Å². The summed E-state index contributed by atoms with van der Waals surface area (Å²) in [6.07, 6.45) is 3.93. The second-order valence-electron chi connectivity index (χ2n) is 3.91. The van der Waals surface area contributed by atoms with Crippen LogP contribution in [0.2, 0.25) is 0 Å².